The van der Waals surface area contributed by atoms with Crippen LogP contribution in [0.15, 0.2) is 24.3 Å². The Kier molecular flexibility index (Phi) is 8.34. The Morgan fingerprint density at radius 1 is 1.19 bits per heavy atom. The van der Waals surface area contributed by atoms with E-state index in [9.17, 15) is 9.59 Å². The summed E-state index contributed by atoms with van der Waals surface area (Å²) in [5.74, 6) is 5.70. The van der Waals surface area contributed by atoms with E-state index in [4.69, 9.17) is 5.73 Å². The number of hydrogen-bond acceptors (Lipinski definition) is 3. The van der Waals surface area contributed by atoms with Gasteiger partial charge in [-0.05, 0) is 37.1 Å². The van der Waals surface area contributed by atoms with Gasteiger partial charge < -0.3 is 16.4 Å². The molecule has 0 aliphatic carbocycles. The molecule has 1 rings (SSSR count). The van der Waals surface area contributed by atoms with Gasteiger partial charge in [-0.25, -0.2) is 0 Å². The van der Waals surface area contributed by atoms with E-state index in [1.807, 2.05) is 24.3 Å². The van der Waals surface area contributed by atoms with Gasteiger partial charge in [-0.15, -0.1) is 0 Å². The maximum absolute atomic E-state index is 11.7. The number of nitrogens with two attached hydrogens (primary N) is 1. The number of rotatable bonds is 8. The summed E-state index contributed by atoms with van der Waals surface area (Å²) in [4.78, 5) is 21.8. The average Bonchev–Trinajstić information content (AvgIpc) is 2.50. The largest absolute Gasteiger partial charge is 0.359 e. The van der Waals surface area contributed by atoms with Crippen molar-refractivity contribution in [3.63, 3.8) is 0 Å². The topological polar surface area (TPSA) is 84.2 Å². The number of unbranched alkanes of at least 4 members (excludes halogenated alkanes) is 2. The monoisotopic (exact) mass is 287 g/mol. The SMILES string of the molecule is NCC#Cc1ccc(NC(=O)CCCCCNC=O)cc1. The number of anilines is 1. The Morgan fingerprint density at radius 2 is 1.95 bits per heavy atom. The molecule has 0 aliphatic heterocycles. The van der Waals surface area contributed by atoms with E-state index in [0.717, 1.165) is 30.5 Å². The van der Waals surface area contributed by atoms with E-state index in [-0.39, 0.29) is 5.91 Å². The van der Waals surface area contributed by atoms with E-state index < -0.39 is 0 Å². The van der Waals surface area contributed by atoms with Crippen molar-refractivity contribution in [2.24, 2.45) is 5.73 Å². The lowest BCUT2D eigenvalue weighted by atomic mass is 10.1. The van der Waals surface area contributed by atoms with Crippen LogP contribution in [-0.2, 0) is 9.59 Å². The molecule has 112 valence electrons. The zero-order valence-corrected chi connectivity index (χ0v) is 12.0. The van der Waals surface area contributed by atoms with Crippen LogP contribution in [0.5, 0.6) is 0 Å². The summed E-state index contributed by atoms with van der Waals surface area (Å²) in [5.41, 5.74) is 6.95. The maximum Gasteiger partial charge on any atom is 0.224 e. The van der Waals surface area contributed by atoms with Crippen molar-refractivity contribution >= 4 is 18.0 Å². The van der Waals surface area contributed by atoms with E-state index in [2.05, 4.69) is 22.5 Å². The van der Waals surface area contributed by atoms with Crippen molar-refractivity contribution in [2.75, 3.05) is 18.4 Å². The second kappa shape index (κ2) is 10.5. The van der Waals surface area contributed by atoms with Crippen LogP contribution in [0.1, 0.15) is 31.2 Å². The molecule has 0 atom stereocenters. The molecule has 0 heterocycles. The van der Waals surface area contributed by atoms with Crippen LogP contribution in [0.3, 0.4) is 0 Å². The number of hydrogen-bond donors (Lipinski definition) is 3. The molecule has 0 aliphatic rings. The summed E-state index contributed by atoms with van der Waals surface area (Å²) in [6.07, 6.45) is 3.79. The molecule has 21 heavy (non-hydrogen) atoms. The quantitative estimate of drug-likeness (QED) is 0.382. The predicted octanol–water partition coefficient (Wildman–Crippen LogP) is 1.24. The summed E-state index contributed by atoms with van der Waals surface area (Å²) in [5, 5.41) is 5.44. The maximum atomic E-state index is 11.7. The Hall–Kier alpha value is -2.32. The van der Waals surface area contributed by atoms with Gasteiger partial charge in [0.05, 0.1) is 6.54 Å². The van der Waals surface area contributed by atoms with Crippen molar-refractivity contribution < 1.29 is 9.59 Å². The molecule has 1 aromatic rings. The molecule has 0 radical (unpaired) electrons. The van der Waals surface area contributed by atoms with Gasteiger partial charge in [-0.1, -0.05) is 18.3 Å². The number of amides is 2. The predicted molar refractivity (Wildman–Crippen MR) is 83.5 cm³/mol. The Balaban J connectivity index is 2.26. The smallest absolute Gasteiger partial charge is 0.224 e. The average molecular weight is 287 g/mol. The van der Waals surface area contributed by atoms with Crippen LogP contribution in [0.2, 0.25) is 0 Å². The van der Waals surface area contributed by atoms with E-state index in [0.29, 0.717) is 25.9 Å². The molecule has 0 saturated heterocycles. The highest BCUT2D eigenvalue weighted by Crippen LogP contribution is 2.10. The number of benzene rings is 1. The third-order valence-electron chi connectivity index (χ3n) is 2.81. The Morgan fingerprint density at radius 3 is 2.62 bits per heavy atom. The summed E-state index contributed by atoms with van der Waals surface area (Å²) in [7, 11) is 0. The first-order chi connectivity index (χ1) is 10.3. The van der Waals surface area contributed by atoms with Gasteiger partial charge in [0.15, 0.2) is 0 Å². The lowest BCUT2D eigenvalue weighted by molar-refractivity contribution is -0.116. The highest BCUT2D eigenvalue weighted by atomic mass is 16.1. The van der Waals surface area contributed by atoms with Gasteiger partial charge in [-0.3, -0.25) is 9.59 Å². The second-order valence-electron chi connectivity index (χ2n) is 4.51. The van der Waals surface area contributed by atoms with Crippen molar-refractivity contribution in [2.45, 2.75) is 25.7 Å². The van der Waals surface area contributed by atoms with E-state index in [1.165, 1.54) is 0 Å². The summed E-state index contributed by atoms with van der Waals surface area (Å²) >= 11 is 0. The van der Waals surface area contributed by atoms with Gasteiger partial charge in [0.2, 0.25) is 12.3 Å². The van der Waals surface area contributed by atoms with Gasteiger partial charge >= 0.3 is 0 Å². The fourth-order valence-corrected chi connectivity index (χ4v) is 1.76. The fraction of sp³-hybridized carbons (Fsp3) is 0.375. The summed E-state index contributed by atoms with van der Waals surface area (Å²) in [6, 6.07) is 7.35. The van der Waals surface area contributed by atoms with Crippen molar-refractivity contribution in [1.29, 1.82) is 0 Å². The number of carbonyl (C=O) groups excluding carboxylic acids is 2. The highest BCUT2D eigenvalue weighted by molar-refractivity contribution is 5.90. The van der Waals surface area contributed by atoms with Crippen LogP contribution >= 0.6 is 0 Å². The Bertz CT molecular complexity index is 500. The normalized spacial score (nSPS) is 9.38. The molecule has 5 heteroatoms. The molecule has 0 fully saturated rings. The lowest BCUT2D eigenvalue weighted by Crippen LogP contribution is -2.13. The molecule has 0 bridgehead atoms. The van der Waals surface area contributed by atoms with Crippen molar-refractivity contribution in [3.8, 4) is 11.8 Å². The Labute approximate surface area is 125 Å². The van der Waals surface area contributed by atoms with Gasteiger partial charge in [0, 0.05) is 24.2 Å². The van der Waals surface area contributed by atoms with Crippen LogP contribution in [-0.4, -0.2) is 25.4 Å². The van der Waals surface area contributed by atoms with Crippen molar-refractivity contribution in [1.82, 2.24) is 5.32 Å². The molecule has 0 aromatic heterocycles. The standard InChI is InChI=1S/C16H21N3O2/c17-11-4-5-14-7-9-15(10-8-14)19-16(21)6-2-1-3-12-18-13-20/h7-10,13H,1-3,6,11-12,17H2,(H,18,20)(H,19,21). The first kappa shape index (κ1) is 16.7. The molecule has 0 spiro atoms. The lowest BCUT2D eigenvalue weighted by Gasteiger charge is -2.05. The van der Waals surface area contributed by atoms with Crippen LogP contribution in [0.4, 0.5) is 5.69 Å². The fourth-order valence-electron chi connectivity index (χ4n) is 1.76. The third-order valence-corrected chi connectivity index (χ3v) is 2.81. The first-order valence-corrected chi connectivity index (χ1v) is 7.02. The molecular weight excluding hydrogens is 266 g/mol. The molecular formula is C16H21N3O2. The summed E-state index contributed by atoms with van der Waals surface area (Å²) in [6.45, 7) is 0.997. The zero-order valence-electron chi connectivity index (χ0n) is 12.0. The molecule has 1 aromatic carbocycles. The molecule has 2 amide bonds. The minimum absolute atomic E-state index is 0.000797. The van der Waals surface area contributed by atoms with E-state index >= 15 is 0 Å². The molecule has 0 saturated carbocycles. The molecule has 5 nitrogen and oxygen atoms in total. The number of nitrogens with one attached hydrogen (secondary N) is 2. The minimum Gasteiger partial charge on any atom is -0.359 e. The minimum atomic E-state index is -0.000797. The molecule has 0 unspecified atom stereocenters. The van der Waals surface area contributed by atoms with Gasteiger partial charge in [0.25, 0.3) is 0 Å². The van der Waals surface area contributed by atoms with E-state index in [1.54, 1.807) is 0 Å². The van der Waals surface area contributed by atoms with Crippen molar-refractivity contribution in [3.05, 3.63) is 29.8 Å². The van der Waals surface area contributed by atoms with Crippen LogP contribution < -0.4 is 16.4 Å². The summed E-state index contributed by atoms with van der Waals surface area (Å²) < 4.78 is 0. The van der Waals surface area contributed by atoms with Crippen LogP contribution in [0.25, 0.3) is 0 Å². The third kappa shape index (κ3) is 7.75. The van der Waals surface area contributed by atoms with Gasteiger partial charge in [0.1, 0.15) is 0 Å². The molecule has 4 N–H and O–H groups in total. The second-order valence-corrected chi connectivity index (χ2v) is 4.51. The first-order valence-electron chi connectivity index (χ1n) is 7.02. The highest BCUT2D eigenvalue weighted by Gasteiger charge is 2.02. The zero-order chi connectivity index (χ0) is 15.3. The van der Waals surface area contributed by atoms with Gasteiger partial charge in [-0.2, -0.15) is 0 Å². The number of carbonyl (C=O) groups is 2. The van der Waals surface area contributed by atoms with Crippen LogP contribution in [0, 0.1) is 11.8 Å².